The number of rotatable bonds is 8. The number of carbonyl (C=O) groups excluding carboxylic acids is 1. The number of nitrogens with zero attached hydrogens (tertiary/aromatic N) is 2. The van der Waals surface area contributed by atoms with E-state index in [0.29, 0.717) is 27.7 Å². The number of ether oxygens (including phenoxy) is 3. The molecular weight excluding hydrogens is 514 g/mol. The van der Waals surface area contributed by atoms with E-state index in [1.807, 2.05) is 0 Å². The first-order valence-corrected chi connectivity index (χ1v) is 13.1. The number of carbonyl (C=O) groups is 1. The summed E-state index contributed by atoms with van der Waals surface area (Å²) < 4.78 is 46.2. The van der Waals surface area contributed by atoms with E-state index in [2.05, 4.69) is 15.6 Å². The van der Waals surface area contributed by atoms with Crippen LogP contribution in [0, 0.1) is 12.3 Å². The van der Waals surface area contributed by atoms with E-state index in [1.165, 1.54) is 62.0 Å². The summed E-state index contributed by atoms with van der Waals surface area (Å²) in [5, 5.41) is 0. The number of aromatic nitrogens is 1. The predicted octanol–water partition coefficient (Wildman–Crippen LogP) is 3.90. The van der Waals surface area contributed by atoms with Crippen LogP contribution in [0.15, 0.2) is 70.6 Å². The van der Waals surface area contributed by atoms with Crippen LogP contribution in [0.25, 0.3) is 10.2 Å². The molecule has 1 heterocycles. The third kappa shape index (κ3) is 5.45. The van der Waals surface area contributed by atoms with Gasteiger partial charge < -0.3 is 18.8 Å². The maximum absolute atomic E-state index is 12.9. The van der Waals surface area contributed by atoms with Crippen molar-refractivity contribution < 1.29 is 27.4 Å². The summed E-state index contributed by atoms with van der Waals surface area (Å²) in [6.07, 6.45) is 5.56. The Morgan fingerprint density at radius 1 is 1.00 bits per heavy atom. The van der Waals surface area contributed by atoms with Crippen LogP contribution in [0.4, 0.5) is 5.69 Å². The Balaban J connectivity index is 1.62. The molecule has 0 saturated heterocycles. The SMILES string of the molecule is C#CCn1c(=NC(=O)c2ccc(NS(=O)(=O)c3ccc(OC)cc3)cc2)sc2cc(OC)c(OC)cc21. The number of fused-ring (bicyclic) bond motifs is 1. The van der Waals surface area contributed by atoms with Crippen LogP contribution in [0.5, 0.6) is 17.2 Å². The van der Waals surface area contributed by atoms with Crippen molar-refractivity contribution in [3.8, 4) is 29.6 Å². The second-order valence-electron chi connectivity index (χ2n) is 7.63. The summed E-state index contributed by atoms with van der Waals surface area (Å²) in [4.78, 5) is 17.7. The third-order valence-corrected chi connectivity index (χ3v) is 7.83. The third-order valence-electron chi connectivity index (χ3n) is 5.39. The summed E-state index contributed by atoms with van der Waals surface area (Å²) in [5.74, 6) is 3.72. The van der Waals surface area contributed by atoms with Gasteiger partial charge in [-0.2, -0.15) is 4.99 Å². The monoisotopic (exact) mass is 537 g/mol. The fraction of sp³-hybridized carbons (Fsp3) is 0.154. The Bertz CT molecular complexity index is 1660. The van der Waals surface area contributed by atoms with Gasteiger partial charge in [-0.3, -0.25) is 9.52 Å². The molecule has 0 bridgehead atoms. The molecule has 190 valence electrons. The first-order valence-electron chi connectivity index (χ1n) is 10.8. The first-order chi connectivity index (χ1) is 17.8. The van der Waals surface area contributed by atoms with Crippen molar-refractivity contribution in [2.45, 2.75) is 11.4 Å². The largest absolute Gasteiger partial charge is 0.497 e. The number of thiazole rings is 1. The van der Waals surface area contributed by atoms with Gasteiger partial charge in [-0.1, -0.05) is 17.3 Å². The Labute approximate surface area is 218 Å². The molecule has 0 saturated carbocycles. The predicted molar refractivity (Wildman–Crippen MR) is 142 cm³/mol. The van der Waals surface area contributed by atoms with Gasteiger partial charge in [0.2, 0.25) is 0 Å². The van der Waals surface area contributed by atoms with Gasteiger partial charge in [0.05, 0.1) is 43.0 Å². The molecule has 1 aromatic heterocycles. The number of terminal acetylenes is 1. The molecular formula is C26H23N3O6S2. The molecule has 4 rings (SSSR count). The minimum atomic E-state index is -3.81. The quantitative estimate of drug-likeness (QED) is 0.342. The number of nitrogens with one attached hydrogen (secondary N) is 1. The van der Waals surface area contributed by atoms with Crippen LogP contribution in [0.1, 0.15) is 10.4 Å². The molecule has 0 fully saturated rings. The smallest absolute Gasteiger partial charge is 0.279 e. The maximum atomic E-state index is 12.9. The number of hydrogen-bond donors (Lipinski definition) is 1. The van der Waals surface area contributed by atoms with E-state index in [4.69, 9.17) is 20.6 Å². The zero-order valence-corrected chi connectivity index (χ0v) is 21.9. The van der Waals surface area contributed by atoms with Gasteiger partial charge in [0.25, 0.3) is 15.9 Å². The van der Waals surface area contributed by atoms with Gasteiger partial charge in [-0.25, -0.2) is 8.42 Å². The van der Waals surface area contributed by atoms with Crippen LogP contribution < -0.4 is 23.7 Å². The molecule has 1 amide bonds. The second-order valence-corrected chi connectivity index (χ2v) is 10.3. The normalized spacial score (nSPS) is 11.7. The lowest BCUT2D eigenvalue weighted by Crippen LogP contribution is -2.16. The van der Waals surface area contributed by atoms with Gasteiger partial charge in [-0.15, -0.1) is 6.42 Å². The lowest BCUT2D eigenvalue weighted by atomic mass is 10.2. The molecule has 0 unspecified atom stereocenters. The minimum Gasteiger partial charge on any atom is -0.497 e. The second kappa shape index (κ2) is 10.8. The van der Waals surface area contributed by atoms with Crippen molar-refractivity contribution in [2.75, 3.05) is 26.1 Å². The molecule has 0 aliphatic rings. The van der Waals surface area contributed by atoms with Crippen molar-refractivity contribution in [3.63, 3.8) is 0 Å². The Hall–Kier alpha value is -4.27. The van der Waals surface area contributed by atoms with E-state index in [-0.39, 0.29) is 17.0 Å². The highest BCUT2D eigenvalue weighted by molar-refractivity contribution is 7.92. The van der Waals surface area contributed by atoms with E-state index < -0.39 is 15.9 Å². The highest BCUT2D eigenvalue weighted by Crippen LogP contribution is 2.33. The molecule has 9 nitrogen and oxygen atoms in total. The molecule has 0 radical (unpaired) electrons. The molecule has 4 aromatic rings. The summed E-state index contributed by atoms with van der Waals surface area (Å²) in [6.45, 7) is 0.202. The number of hydrogen-bond acceptors (Lipinski definition) is 7. The number of methoxy groups -OCH3 is 3. The average molecular weight is 538 g/mol. The van der Waals surface area contributed by atoms with E-state index in [0.717, 1.165) is 10.2 Å². The van der Waals surface area contributed by atoms with Crippen molar-refractivity contribution >= 4 is 43.2 Å². The highest BCUT2D eigenvalue weighted by Gasteiger charge is 2.16. The molecule has 0 atom stereocenters. The van der Waals surface area contributed by atoms with Crippen LogP contribution in [0.3, 0.4) is 0 Å². The Kier molecular flexibility index (Phi) is 7.52. The average Bonchev–Trinajstić information content (AvgIpc) is 3.23. The van der Waals surface area contributed by atoms with Gasteiger partial charge in [0, 0.05) is 23.4 Å². The maximum Gasteiger partial charge on any atom is 0.279 e. The van der Waals surface area contributed by atoms with Crippen molar-refractivity contribution in [1.82, 2.24) is 4.57 Å². The van der Waals surface area contributed by atoms with Crippen LogP contribution in [0.2, 0.25) is 0 Å². The lowest BCUT2D eigenvalue weighted by Gasteiger charge is -2.09. The summed E-state index contributed by atoms with van der Waals surface area (Å²) >= 11 is 1.29. The van der Waals surface area contributed by atoms with Crippen molar-refractivity contribution in [1.29, 1.82) is 0 Å². The van der Waals surface area contributed by atoms with Crippen LogP contribution in [-0.4, -0.2) is 40.2 Å². The van der Waals surface area contributed by atoms with Crippen molar-refractivity contribution in [2.24, 2.45) is 4.99 Å². The molecule has 11 heteroatoms. The van der Waals surface area contributed by atoms with E-state index in [1.54, 1.807) is 35.9 Å². The fourth-order valence-corrected chi connectivity index (χ4v) is 5.62. The molecule has 1 N–H and O–H groups in total. The summed E-state index contributed by atoms with van der Waals surface area (Å²) in [5.41, 5.74) is 1.35. The van der Waals surface area contributed by atoms with E-state index in [9.17, 15) is 13.2 Å². The summed E-state index contributed by atoms with van der Waals surface area (Å²) in [7, 11) is 0.770. The van der Waals surface area contributed by atoms with Crippen molar-refractivity contribution in [3.05, 3.63) is 71.0 Å². The summed E-state index contributed by atoms with van der Waals surface area (Å²) in [6, 6.07) is 15.6. The number of amides is 1. The van der Waals surface area contributed by atoms with Gasteiger partial charge in [0.1, 0.15) is 5.75 Å². The van der Waals surface area contributed by atoms with Crippen LogP contribution >= 0.6 is 11.3 Å². The minimum absolute atomic E-state index is 0.0829. The Morgan fingerprint density at radius 2 is 1.65 bits per heavy atom. The number of sulfonamides is 1. The topological polar surface area (TPSA) is 108 Å². The first kappa shape index (κ1) is 25.8. The van der Waals surface area contributed by atoms with E-state index >= 15 is 0 Å². The fourth-order valence-electron chi connectivity index (χ4n) is 3.53. The molecule has 0 spiro atoms. The number of benzene rings is 3. The molecule has 37 heavy (non-hydrogen) atoms. The molecule has 3 aromatic carbocycles. The lowest BCUT2D eigenvalue weighted by molar-refractivity contribution is 0.0998. The van der Waals surface area contributed by atoms with Crippen LogP contribution in [-0.2, 0) is 16.6 Å². The van der Waals surface area contributed by atoms with Gasteiger partial charge in [0.15, 0.2) is 16.3 Å². The standard InChI is InChI=1S/C26H23N3O6S2/c1-5-14-29-21-15-22(34-3)23(35-4)16-24(21)36-26(29)27-25(30)17-6-8-18(9-7-17)28-37(31,32)20-12-10-19(33-2)11-13-20/h1,6-13,15-16,28H,14H2,2-4H3. The number of anilines is 1. The van der Waals surface area contributed by atoms with Gasteiger partial charge >= 0.3 is 0 Å². The molecule has 0 aliphatic carbocycles. The zero-order chi connectivity index (χ0) is 26.6. The van der Waals surface area contributed by atoms with Gasteiger partial charge in [-0.05, 0) is 48.5 Å². The zero-order valence-electron chi connectivity index (χ0n) is 20.2. The molecule has 0 aliphatic heterocycles. The highest BCUT2D eigenvalue weighted by atomic mass is 32.2. The Morgan fingerprint density at radius 3 is 2.24 bits per heavy atom.